The summed E-state index contributed by atoms with van der Waals surface area (Å²) < 4.78 is 2.06. The van der Waals surface area contributed by atoms with E-state index in [1.54, 1.807) is 0 Å². The van der Waals surface area contributed by atoms with Crippen LogP contribution >= 0.6 is 0 Å². The number of hydrogen-bond donors (Lipinski definition) is 3. The molecular formula is C21H22N7+. The topological polar surface area (TPSA) is 95.5 Å². The molecule has 0 amide bonds. The second-order valence-electron chi connectivity index (χ2n) is 7.42. The van der Waals surface area contributed by atoms with Gasteiger partial charge in [-0.1, -0.05) is 11.8 Å². The molecule has 0 radical (unpaired) electrons. The summed E-state index contributed by atoms with van der Waals surface area (Å²) in [5.41, 5.74) is 11.1. The van der Waals surface area contributed by atoms with E-state index < -0.39 is 0 Å². The van der Waals surface area contributed by atoms with Crippen LogP contribution in [0.1, 0.15) is 35.6 Å². The van der Waals surface area contributed by atoms with Crippen LogP contribution in [-0.4, -0.2) is 43.8 Å². The van der Waals surface area contributed by atoms with Crippen LogP contribution in [0.4, 0.5) is 11.6 Å². The monoisotopic (exact) mass is 372 g/mol. The highest BCUT2D eigenvalue weighted by Gasteiger charge is 2.30. The predicted molar refractivity (Wildman–Crippen MR) is 109 cm³/mol. The normalized spacial score (nSPS) is 21.6. The van der Waals surface area contributed by atoms with Crippen molar-refractivity contribution in [3.8, 4) is 11.8 Å². The number of nitrogens with one attached hydrogen (secondary N) is 2. The fraction of sp³-hybridized carbons (Fsp3) is 0.333. The van der Waals surface area contributed by atoms with E-state index >= 15 is 0 Å². The lowest BCUT2D eigenvalue weighted by atomic mass is 10.00. The zero-order chi connectivity index (χ0) is 19.1. The lowest BCUT2D eigenvalue weighted by Crippen LogP contribution is -2.13. The average Bonchev–Trinajstić information content (AvgIpc) is 3.39. The molecule has 0 bridgehead atoms. The number of fused-ring (bicyclic) bond motifs is 2. The number of anilines is 1. The number of aromatic nitrogens is 4. The van der Waals surface area contributed by atoms with Crippen molar-refractivity contribution in [2.24, 2.45) is 5.92 Å². The number of allylic oxidation sites excluding steroid dienone is 2. The number of rotatable bonds is 1. The molecule has 0 saturated carbocycles. The third kappa shape index (κ3) is 3.02. The van der Waals surface area contributed by atoms with Crippen molar-refractivity contribution in [2.45, 2.75) is 26.2 Å². The summed E-state index contributed by atoms with van der Waals surface area (Å²) >= 11 is 0. The van der Waals surface area contributed by atoms with Gasteiger partial charge in [-0.2, -0.15) is 4.98 Å². The maximum absolute atomic E-state index is 6.17. The van der Waals surface area contributed by atoms with E-state index in [2.05, 4.69) is 54.0 Å². The first kappa shape index (κ1) is 16.9. The molecule has 7 nitrogen and oxygen atoms in total. The molecule has 2 aliphatic heterocycles. The van der Waals surface area contributed by atoms with Gasteiger partial charge in [0.25, 0.3) is 0 Å². The summed E-state index contributed by atoms with van der Waals surface area (Å²) in [5, 5.41) is 3.39. The van der Waals surface area contributed by atoms with Crippen molar-refractivity contribution in [1.82, 2.24) is 25.3 Å². The Kier molecular flexibility index (Phi) is 4.06. The number of hydrogen-bond acceptors (Lipinski definition) is 5. The number of imidazole rings is 1. The van der Waals surface area contributed by atoms with E-state index in [1.165, 1.54) is 12.0 Å². The Balaban J connectivity index is 1.50. The molecule has 1 fully saturated rings. The van der Waals surface area contributed by atoms with Gasteiger partial charge in [0.15, 0.2) is 0 Å². The molecular weight excluding hydrogens is 350 g/mol. The van der Waals surface area contributed by atoms with Gasteiger partial charge in [0.05, 0.1) is 17.5 Å². The first-order valence-corrected chi connectivity index (χ1v) is 9.62. The third-order valence-corrected chi connectivity index (χ3v) is 5.35. The minimum Gasteiger partial charge on any atom is -0.383 e. The molecule has 0 spiro atoms. The molecule has 4 heterocycles. The fourth-order valence-electron chi connectivity index (χ4n) is 3.96. The molecule has 4 N–H and O–H groups in total. The Morgan fingerprint density at radius 2 is 2.21 bits per heavy atom. The number of nitrogens with two attached hydrogens (primary N) is 1. The molecule has 1 saturated heterocycles. The van der Waals surface area contributed by atoms with E-state index in [9.17, 15) is 0 Å². The number of nitrogen functional groups attached to an aromatic ring is 1. The van der Waals surface area contributed by atoms with Gasteiger partial charge in [-0.15, -0.1) is 0 Å². The minimum absolute atomic E-state index is 0.467. The summed E-state index contributed by atoms with van der Waals surface area (Å²) in [6.45, 7) is 4.01. The van der Waals surface area contributed by atoms with Crippen molar-refractivity contribution in [3.63, 3.8) is 0 Å². The molecule has 1 atom stereocenters. The maximum Gasteiger partial charge on any atom is 0.341 e. The Hall–Kier alpha value is -3.24. The highest BCUT2D eigenvalue weighted by Crippen LogP contribution is 2.34. The molecule has 5 rings (SSSR count). The van der Waals surface area contributed by atoms with Gasteiger partial charge in [-0.3, -0.25) is 0 Å². The molecule has 28 heavy (non-hydrogen) atoms. The average molecular weight is 372 g/mol. The van der Waals surface area contributed by atoms with Crippen molar-refractivity contribution in [2.75, 3.05) is 18.8 Å². The summed E-state index contributed by atoms with van der Waals surface area (Å²) in [6.07, 6.45) is 10.8. The van der Waals surface area contributed by atoms with Gasteiger partial charge in [0.1, 0.15) is 23.4 Å². The van der Waals surface area contributed by atoms with Crippen LogP contribution in [-0.2, 0) is 6.42 Å². The number of aromatic amines is 1. The van der Waals surface area contributed by atoms with Crippen LogP contribution in [0, 0.1) is 24.7 Å². The van der Waals surface area contributed by atoms with Gasteiger partial charge in [-0.25, -0.2) is 9.56 Å². The van der Waals surface area contributed by atoms with Crippen molar-refractivity contribution in [1.29, 1.82) is 0 Å². The summed E-state index contributed by atoms with van der Waals surface area (Å²) in [6, 6.07) is 0. The predicted octanol–water partition coefficient (Wildman–Crippen LogP) is 1.80. The Bertz CT molecular complexity index is 1100. The first-order chi connectivity index (χ1) is 13.7. The van der Waals surface area contributed by atoms with Crippen LogP contribution in [0.2, 0.25) is 0 Å². The molecule has 2 aromatic rings. The van der Waals surface area contributed by atoms with Gasteiger partial charge >= 0.3 is 5.82 Å². The standard InChI is InChI=1S/C21H22N7/c1-13-26-17-5-3-14(8-18(17)27-13)2-4-16-11-28(10-15-6-7-23-9-15)21-19(16)20(22)24-12-25-21/h8,10-12,15,23H,3,5-7,9H2,1H3,(H,26,27)(H2,22,24,25)/q+1/b28-10-. The molecule has 7 heteroatoms. The Morgan fingerprint density at radius 1 is 1.29 bits per heavy atom. The fourth-order valence-corrected chi connectivity index (χ4v) is 3.96. The van der Waals surface area contributed by atoms with Gasteiger partial charge in [-0.05, 0) is 43.8 Å². The summed E-state index contributed by atoms with van der Waals surface area (Å²) in [7, 11) is 0. The van der Waals surface area contributed by atoms with Crippen molar-refractivity contribution >= 4 is 29.5 Å². The highest BCUT2D eigenvalue weighted by molar-refractivity contribution is 5.90. The first-order valence-electron chi connectivity index (χ1n) is 9.62. The van der Waals surface area contributed by atoms with Crippen LogP contribution in [0.5, 0.6) is 0 Å². The van der Waals surface area contributed by atoms with E-state index in [0.29, 0.717) is 11.7 Å². The van der Waals surface area contributed by atoms with Crippen molar-refractivity contribution < 1.29 is 4.58 Å². The largest absolute Gasteiger partial charge is 0.383 e. The van der Waals surface area contributed by atoms with Crippen LogP contribution < -0.4 is 11.1 Å². The van der Waals surface area contributed by atoms with Crippen molar-refractivity contribution in [3.05, 3.63) is 40.9 Å². The lowest BCUT2D eigenvalue weighted by Gasteiger charge is -2.06. The number of aryl methyl sites for hydroxylation is 2. The summed E-state index contributed by atoms with van der Waals surface area (Å²) in [4.78, 5) is 16.5. The zero-order valence-electron chi connectivity index (χ0n) is 15.8. The molecule has 1 unspecified atom stereocenters. The van der Waals surface area contributed by atoms with Crippen LogP contribution in [0.25, 0.3) is 11.6 Å². The third-order valence-electron chi connectivity index (χ3n) is 5.35. The SMILES string of the molecule is Cc1nc2c([nH]1)CCC(C#CC1=C/[N+](=C/C3CCNC3)c3ncnc(N)c31)=C2. The Morgan fingerprint density at radius 3 is 3.07 bits per heavy atom. The second-order valence-corrected chi connectivity index (χ2v) is 7.42. The van der Waals surface area contributed by atoms with E-state index in [4.69, 9.17) is 5.73 Å². The molecule has 0 aromatic carbocycles. The minimum atomic E-state index is 0.467. The number of nitrogens with zero attached hydrogens (tertiary/aromatic N) is 4. The van der Waals surface area contributed by atoms with Crippen LogP contribution in [0.3, 0.4) is 0 Å². The molecule has 1 aliphatic carbocycles. The lowest BCUT2D eigenvalue weighted by molar-refractivity contribution is -0.357. The van der Waals surface area contributed by atoms with Gasteiger partial charge < -0.3 is 16.0 Å². The Labute approximate surface area is 163 Å². The molecule has 2 aromatic heterocycles. The highest BCUT2D eigenvalue weighted by atomic mass is 15.1. The van der Waals surface area contributed by atoms with E-state index in [0.717, 1.165) is 66.4 Å². The second kappa shape index (κ2) is 6.73. The maximum atomic E-state index is 6.17. The number of H-pyrrole nitrogens is 1. The smallest absolute Gasteiger partial charge is 0.341 e. The van der Waals surface area contributed by atoms with Gasteiger partial charge in [0.2, 0.25) is 6.33 Å². The van der Waals surface area contributed by atoms with Crippen LogP contribution in [0.15, 0.2) is 18.1 Å². The molecule has 3 aliphatic rings. The van der Waals surface area contributed by atoms with Gasteiger partial charge in [0, 0.05) is 23.7 Å². The quantitative estimate of drug-likeness (QED) is 0.524. The van der Waals surface area contributed by atoms with E-state index in [-0.39, 0.29) is 0 Å². The summed E-state index contributed by atoms with van der Waals surface area (Å²) in [5.74, 6) is 9.33. The molecule has 140 valence electrons. The van der Waals surface area contributed by atoms with E-state index in [1.807, 2.05) is 13.1 Å². The zero-order valence-corrected chi connectivity index (χ0v) is 15.8.